The van der Waals surface area contributed by atoms with Crippen molar-refractivity contribution in [1.82, 2.24) is 0 Å². The summed E-state index contributed by atoms with van der Waals surface area (Å²) in [6.07, 6.45) is 1.33. The van der Waals surface area contributed by atoms with Gasteiger partial charge in [-0.15, -0.1) is 0 Å². The molecule has 0 bridgehead atoms. The second-order valence-corrected chi connectivity index (χ2v) is 14.6. The normalized spacial score (nSPS) is 44.9. The van der Waals surface area contributed by atoms with Crippen molar-refractivity contribution >= 4 is 17.3 Å². The second-order valence-electron chi connectivity index (χ2n) is 14.6. The van der Waals surface area contributed by atoms with E-state index < -0.39 is 56.8 Å². The molecule has 0 heterocycles. The third-order valence-electron chi connectivity index (χ3n) is 11.5. The van der Waals surface area contributed by atoms with Crippen molar-refractivity contribution in [2.24, 2.45) is 39.4 Å². The molecule has 0 radical (unpaired) electrons. The molecule has 0 amide bonds. The smallest absolute Gasteiger partial charge is 0.170 e. The van der Waals surface area contributed by atoms with Gasteiger partial charge in [0, 0.05) is 29.6 Å². The van der Waals surface area contributed by atoms with Gasteiger partial charge < -0.3 is 20.4 Å². The molecular formula is C30H46O7. The number of carbonyl (C=O) groups is 3. The summed E-state index contributed by atoms with van der Waals surface area (Å²) in [4.78, 5) is 40.4. The predicted octanol–water partition coefficient (Wildman–Crippen LogP) is 3.15. The van der Waals surface area contributed by atoms with Crippen LogP contribution in [0.4, 0.5) is 0 Å². The Bertz CT molecular complexity index is 1050. The molecule has 0 spiro atoms. The lowest BCUT2D eigenvalue weighted by atomic mass is 9.38. The molecule has 0 saturated heterocycles. The van der Waals surface area contributed by atoms with Crippen LogP contribution < -0.4 is 0 Å². The molecular weight excluding hydrogens is 472 g/mol. The topological polar surface area (TPSA) is 132 Å². The monoisotopic (exact) mass is 518 g/mol. The first-order valence-electron chi connectivity index (χ1n) is 13.8. The SMILES string of the molecule is CC(C)(O)CCC(=O)[C@](C)(O)[C@H]1[C@H](O)C[C@@]2(C)[C@@H]3CC=C4[C@@H](C[C@H](O)C(=O)C4(C)C)[C@]3(C)C(=O)C[C@]12C. The van der Waals surface area contributed by atoms with Crippen molar-refractivity contribution in [3.63, 3.8) is 0 Å². The van der Waals surface area contributed by atoms with E-state index in [-0.39, 0.29) is 49.1 Å². The molecule has 208 valence electrons. The predicted molar refractivity (Wildman–Crippen MR) is 138 cm³/mol. The number of allylic oxidation sites excluding steroid dienone is 2. The number of ketones is 3. The van der Waals surface area contributed by atoms with E-state index in [0.29, 0.717) is 12.8 Å². The Labute approximate surface area is 220 Å². The van der Waals surface area contributed by atoms with Crippen LogP contribution in [0.3, 0.4) is 0 Å². The fraction of sp³-hybridized carbons (Fsp3) is 0.833. The third kappa shape index (κ3) is 3.78. The van der Waals surface area contributed by atoms with E-state index in [4.69, 9.17) is 0 Å². The zero-order valence-electron chi connectivity index (χ0n) is 23.7. The molecule has 0 aromatic carbocycles. The standard InChI is InChI=1S/C30H46O7/c1-25(2,36)12-11-21(33)30(8,37)23-19(32)14-27(5)20-10-9-16-17(13-18(31)24(35)26(16,3)4)29(20,7)22(34)15-28(23,27)6/h9,17-20,23,31-32,36-37H,10-15H2,1-8H3/t17-,18+,19-,20+,23+,27+,28-,29+,30+/m1/s1. The van der Waals surface area contributed by atoms with E-state index in [1.807, 2.05) is 27.7 Å². The second kappa shape index (κ2) is 8.30. The van der Waals surface area contributed by atoms with E-state index in [0.717, 1.165) is 5.57 Å². The highest BCUT2D eigenvalue weighted by Gasteiger charge is 2.74. The highest BCUT2D eigenvalue weighted by molar-refractivity contribution is 5.95. The molecule has 4 aliphatic carbocycles. The average molecular weight is 519 g/mol. The Hall–Kier alpha value is -1.41. The van der Waals surface area contributed by atoms with Crippen LogP contribution in [0.2, 0.25) is 0 Å². The van der Waals surface area contributed by atoms with E-state index in [2.05, 4.69) is 13.0 Å². The maximum Gasteiger partial charge on any atom is 0.170 e. The highest BCUT2D eigenvalue weighted by atomic mass is 16.3. The van der Waals surface area contributed by atoms with Gasteiger partial charge in [0.05, 0.1) is 11.7 Å². The number of carbonyl (C=O) groups excluding carboxylic acids is 3. The van der Waals surface area contributed by atoms with E-state index in [1.54, 1.807) is 13.8 Å². The number of aliphatic hydroxyl groups excluding tert-OH is 2. The molecule has 7 nitrogen and oxygen atoms in total. The third-order valence-corrected chi connectivity index (χ3v) is 11.5. The van der Waals surface area contributed by atoms with Gasteiger partial charge in [0.2, 0.25) is 0 Å². The first kappa shape index (κ1) is 28.6. The molecule has 4 rings (SSSR count). The summed E-state index contributed by atoms with van der Waals surface area (Å²) in [7, 11) is 0. The first-order valence-corrected chi connectivity index (χ1v) is 13.8. The molecule has 4 aliphatic rings. The molecule has 3 saturated carbocycles. The Morgan fingerprint density at radius 1 is 1.03 bits per heavy atom. The number of rotatable bonds is 5. The minimum absolute atomic E-state index is 0.00395. The van der Waals surface area contributed by atoms with Gasteiger partial charge in [-0.2, -0.15) is 0 Å². The van der Waals surface area contributed by atoms with Crippen LogP contribution in [-0.4, -0.2) is 61.2 Å². The fourth-order valence-corrected chi connectivity index (χ4v) is 9.24. The number of hydrogen-bond donors (Lipinski definition) is 4. The lowest BCUT2D eigenvalue weighted by Gasteiger charge is -2.64. The molecule has 0 unspecified atom stereocenters. The number of fused-ring (bicyclic) bond motifs is 5. The van der Waals surface area contributed by atoms with Gasteiger partial charge in [-0.3, -0.25) is 14.4 Å². The van der Waals surface area contributed by atoms with Crippen LogP contribution in [0.25, 0.3) is 0 Å². The van der Waals surface area contributed by atoms with Crippen molar-refractivity contribution in [2.45, 2.75) is 117 Å². The molecule has 0 aromatic rings. The molecule has 3 fully saturated rings. The largest absolute Gasteiger partial charge is 0.393 e. The number of hydrogen-bond acceptors (Lipinski definition) is 7. The molecule has 0 aliphatic heterocycles. The minimum atomic E-state index is -1.86. The van der Waals surface area contributed by atoms with Crippen LogP contribution in [0.1, 0.15) is 93.9 Å². The Morgan fingerprint density at radius 2 is 1.62 bits per heavy atom. The highest BCUT2D eigenvalue weighted by Crippen LogP contribution is 2.74. The summed E-state index contributed by atoms with van der Waals surface area (Å²) in [6, 6.07) is 0. The Morgan fingerprint density at radius 3 is 2.19 bits per heavy atom. The van der Waals surface area contributed by atoms with Crippen LogP contribution in [0.5, 0.6) is 0 Å². The van der Waals surface area contributed by atoms with Crippen molar-refractivity contribution in [2.75, 3.05) is 0 Å². The van der Waals surface area contributed by atoms with Gasteiger partial charge >= 0.3 is 0 Å². The lowest BCUT2D eigenvalue weighted by Crippen LogP contribution is -2.65. The molecule has 0 aromatic heterocycles. The van der Waals surface area contributed by atoms with Crippen LogP contribution in [0, 0.1) is 39.4 Å². The number of Topliss-reactive ketones (excluding diaryl/α,β-unsaturated/α-hetero) is 3. The lowest BCUT2D eigenvalue weighted by molar-refractivity contribution is -0.185. The first-order chi connectivity index (χ1) is 16.7. The van der Waals surface area contributed by atoms with Crippen LogP contribution >= 0.6 is 0 Å². The van der Waals surface area contributed by atoms with E-state index in [1.165, 1.54) is 6.92 Å². The van der Waals surface area contributed by atoms with Crippen molar-refractivity contribution in [3.05, 3.63) is 11.6 Å². The fourth-order valence-electron chi connectivity index (χ4n) is 9.24. The summed E-state index contributed by atoms with van der Waals surface area (Å²) in [5.74, 6) is -1.96. The molecule has 4 N–H and O–H groups in total. The van der Waals surface area contributed by atoms with Crippen LogP contribution in [0.15, 0.2) is 11.6 Å². The minimum Gasteiger partial charge on any atom is -0.393 e. The van der Waals surface area contributed by atoms with Crippen molar-refractivity contribution < 1.29 is 34.8 Å². The van der Waals surface area contributed by atoms with Gasteiger partial charge in [-0.05, 0) is 83.0 Å². The van der Waals surface area contributed by atoms with Crippen molar-refractivity contribution in [3.8, 4) is 0 Å². The number of aliphatic hydroxyl groups is 4. The quantitative estimate of drug-likeness (QED) is 0.411. The Kier molecular flexibility index (Phi) is 6.41. The van der Waals surface area contributed by atoms with Gasteiger partial charge in [0.25, 0.3) is 0 Å². The molecule has 9 atom stereocenters. The summed E-state index contributed by atoms with van der Waals surface area (Å²) in [5.41, 5.74) is -5.10. The molecule has 37 heavy (non-hydrogen) atoms. The maximum atomic E-state index is 14.2. The zero-order chi connectivity index (χ0) is 28.1. The molecule has 7 heteroatoms. The van der Waals surface area contributed by atoms with E-state index >= 15 is 0 Å². The summed E-state index contributed by atoms with van der Waals surface area (Å²) < 4.78 is 0. The van der Waals surface area contributed by atoms with Crippen molar-refractivity contribution in [1.29, 1.82) is 0 Å². The van der Waals surface area contributed by atoms with Gasteiger partial charge in [-0.25, -0.2) is 0 Å². The van der Waals surface area contributed by atoms with Gasteiger partial charge in [0.15, 0.2) is 11.6 Å². The Balaban J connectivity index is 1.77. The summed E-state index contributed by atoms with van der Waals surface area (Å²) >= 11 is 0. The van der Waals surface area contributed by atoms with Gasteiger partial charge in [0.1, 0.15) is 17.5 Å². The van der Waals surface area contributed by atoms with E-state index in [9.17, 15) is 34.8 Å². The summed E-state index contributed by atoms with van der Waals surface area (Å²) in [6.45, 7) is 14.3. The van der Waals surface area contributed by atoms with Crippen LogP contribution in [-0.2, 0) is 14.4 Å². The van der Waals surface area contributed by atoms with Gasteiger partial charge in [-0.1, -0.05) is 32.4 Å². The average Bonchev–Trinajstić information content (AvgIpc) is 2.96. The summed E-state index contributed by atoms with van der Waals surface area (Å²) in [5, 5.41) is 43.9. The zero-order valence-corrected chi connectivity index (χ0v) is 23.7. The maximum absolute atomic E-state index is 14.2.